The summed E-state index contributed by atoms with van der Waals surface area (Å²) < 4.78 is 13.3. The molecule has 1 aromatic heterocycles. The maximum Gasteiger partial charge on any atom is 0.255 e. The first kappa shape index (κ1) is 17.4. The Balaban J connectivity index is 2.11. The van der Waals surface area contributed by atoms with Crippen LogP contribution in [0.4, 0.5) is 4.39 Å². The minimum atomic E-state index is -0.520. The molecule has 0 bridgehead atoms. The first-order valence-electron chi connectivity index (χ1n) is 7.33. The predicted molar refractivity (Wildman–Crippen MR) is 86.8 cm³/mol. The van der Waals surface area contributed by atoms with Crippen LogP contribution in [-0.2, 0) is 0 Å². The molecule has 1 aromatic carbocycles. The van der Waals surface area contributed by atoms with Crippen LogP contribution in [0, 0.1) is 11.7 Å². The van der Waals surface area contributed by atoms with Gasteiger partial charge in [0.25, 0.3) is 5.91 Å². The van der Waals surface area contributed by atoms with Crippen LogP contribution in [0.1, 0.15) is 30.6 Å². The Bertz CT molecular complexity index is 688. The number of hydrogen-bond acceptors (Lipinski definition) is 3. The van der Waals surface area contributed by atoms with E-state index in [0.717, 1.165) is 0 Å². The summed E-state index contributed by atoms with van der Waals surface area (Å²) >= 11 is 5.78. The summed E-state index contributed by atoms with van der Waals surface area (Å²) in [6, 6.07) is 4.21. The number of hydrogen-bond donors (Lipinski definition) is 3. The van der Waals surface area contributed by atoms with E-state index in [0.29, 0.717) is 29.8 Å². The molecule has 7 heteroatoms. The lowest BCUT2D eigenvalue weighted by Crippen LogP contribution is -2.29. The highest BCUT2D eigenvalue weighted by atomic mass is 35.5. The number of carbonyl (C=O) groups is 1. The third kappa shape index (κ3) is 4.53. The lowest BCUT2D eigenvalue weighted by atomic mass is 10.0. The summed E-state index contributed by atoms with van der Waals surface area (Å²) in [5.74, 6) is -0.658. The van der Waals surface area contributed by atoms with Crippen LogP contribution >= 0.6 is 11.6 Å². The predicted octanol–water partition coefficient (Wildman–Crippen LogP) is 3.01. The first-order valence-corrected chi connectivity index (χ1v) is 7.71. The van der Waals surface area contributed by atoms with Crippen LogP contribution in [-0.4, -0.2) is 33.9 Å². The molecule has 5 nitrogen and oxygen atoms in total. The lowest BCUT2D eigenvalue weighted by molar-refractivity contribution is 0.0940. The van der Waals surface area contributed by atoms with E-state index >= 15 is 0 Å². The number of rotatable bonds is 6. The largest absolute Gasteiger partial charge is 0.393 e. The number of halogens is 2. The van der Waals surface area contributed by atoms with Gasteiger partial charge in [0.05, 0.1) is 28.6 Å². The van der Waals surface area contributed by atoms with Gasteiger partial charge in [-0.3, -0.25) is 9.89 Å². The standard InChI is InChI=1S/C16H19ClFN3O2/c1-9(5-10(2)22)7-19-16(23)12-8-20-21-15(12)11-3-4-14(18)13(17)6-11/h3-4,6,8-10,22H,5,7H2,1-2H3,(H,19,23)(H,20,21). The van der Waals surface area contributed by atoms with E-state index in [1.54, 1.807) is 6.92 Å². The molecule has 0 aliphatic heterocycles. The third-order valence-corrected chi connectivity index (χ3v) is 3.74. The fourth-order valence-electron chi connectivity index (χ4n) is 2.36. The Morgan fingerprint density at radius 3 is 2.87 bits per heavy atom. The van der Waals surface area contributed by atoms with Crippen molar-refractivity contribution in [3.8, 4) is 11.3 Å². The number of H-pyrrole nitrogens is 1. The smallest absolute Gasteiger partial charge is 0.255 e. The number of aliphatic hydroxyl groups is 1. The van der Waals surface area contributed by atoms with Crippen LogP contribution in [0.2, 0.25) is 5.02 Å². The Morgan fingerprint density at radius 2 is 2.22 bits per heavy atom. The summed E-state index contributed by atoms with van der Waals surface area (Å²) in [4.78, 5) is 12.3. The van der Waals surface area contributed by atoms with E-state index in [-0.39, 0.29) is 16.8 Å². The molecule has 0 aliphatic rings. The quantitative estimate of drug-likeness (QED) is 0.757. The van der Waals surface area contributed by atoms with Crippen molar-refractivity contribution in [3.63, 3.8) is 0 Å². The monoisotopic (exact) mass is 339 g/mol. The van der Waals surface area contributed by atoms with Crippen molar-refractivity contribution in [1.82, 2.24) is 15.5 Å². The maximum absolute atomic E-state index is 13.3. The number of nitrogens with zero attached hydrogens (tertiary/aromatic N) is 1. The van der Waals surface area contributed by atoms with Crippen molar-refractivity contribution >= 4 is 17.5 Å². The van der Waals surface area contributed by atoms with Crippen LogP contribution in [0.5, 0.6) is 0 Å². The molecular weight excluding hydrogens is 321 g/mol. The summed E-state index contributed by atoms with van der Waals surface area (Å²) in [5.41, 5.74) is 1.42. The van der Waals surface area contributed by atoms with Gasteiger partial charge in [-0.2, -0.15) is 5.10 Å². The molecule has 2 rings (SSSR count). The minimum absolute atomic E-state index is 0.0194. The Hall–Kier alpha value is -1.92. The summed E-state index contributed by atoms with van der Waals surface area (Å²) in [6.07, 6.45) is 1.61. The van der Waals surface area contributed by atoms with Crippen molar-refractivity contribution in [1.29, 1.82) is 0 Å². The summed E-state index contributed by atoms with van der Waals surface area (Å²) in [5, 5.41) is 18.8. The van der Waals surface area contributed by atoms with Gasteiger partial charge in [-0.25, -0.2) is 4.39 Å². The van der Waals surface area contributed by atoms with Crippen molar-refractivity contribution < 1.29 is 14.3 Å². The Morgan fingerprint density at radius 1 is 1.48 bits per heavy atom. The van der Waals surface area contributed by atoms with Crippen LogP contribution in [0.15, 0.2) is 24.4 Å². The third-order valence-electron chi connectivity index (χ3n) is 3.45. The van der Waals surface area contributed by atoms with Crippen molar-refractivity contribution in [2.75, 3.05) is 6.54 Å². The van der Waals surface area contributed by atoms with Gasteiger partial charge in [0.1, 0.15) is 5.82 Å². The molecule has 0 saturated carbocycles. The zero-order valence-electron chi connectivity index (χ0n) is 12.9. The molecule has 2 atom stereocenters. The number of aliphatic hydroxyl groups excluding tert-OH is 1. The molecule has 23 heavy (non-hydrogen) atoms. The van der Waals surface area contributed by atoms with Crippen molar-refractivity contribution in [3.05, 3.63) is 40.8 Å². The van der Waals surface area contributed by atoms with Gasteiger partial charge in [-0.1, -0.05) is 18.5 Å². The van der Waals surface area contributed by atoms with E-state index in [4.69, 9.17) is 11.6 Å². The molecular formula is C16H19ClFN3O2. The maximum atomic E-state index is 13.3. The van der Waals surface area contributed by atoms with E-state index < -0.39 is 11.9 Å². The topological polar surface area (TPSA) is 78.0 Å². The fraction of sp³-hybridized carbons (Fsp3) is 0.375. The number of aromatic amines is 1. The van der Waals surface area contributed by atoms with Crippen LogP contribution in [0.25, 0.3) is 11.3 Å². The number of carbonyl (C=O) groups excluding carboxylic acids is 1. The van der Waals surface area contributed by atoms with Crippen molar-refractivity contribution in [2.24, 2.45) is 5.92 Å². The number of nitrogens with one attached hydrogen (secondary N) is 2. The molecule has 1 amide bonds. The van der Waals surface area contributed by atoms with Gasteiger partial charge in [0.2, 0.25) is 0 Å². The molecule has 2 aromatic rings. The first-order chi connectivity index (χ1) is 10.9. The van der Waals surface area contributed by atoms with Crippen LogP contribution in [0.3, 0.4) is 0 Å². The van der Waals surface area contributed by atoms with Gasteiger partial charge < -0.3 is 10.4 Å². The van der Waals surface area contributed by atoms with Crippen molar-refractivity contribution in [2.45, 2.75) is 26.4 Å². The molecule has 124 valence electrons. The lowest BCUT2D eigenvalue weighted by Gasteiger charge is -2.14. The number of amides is 1. The SMILES string of the molecule is CC(O)CC(C)CNC(=O)c1cn[nH]c1-c1ccc(F)c(Cl)c1. The molecule has 0 saturated heterocycles. The molecule has 0 aliphatic carbocycles. The second-order valence-electron chi connectivity index (χ2n) is 5.69. The summed E-state index contributed by atoms with van der Waals surface area (Å²) in [6.45, 7) is 4.10. The van der Waals surface area contributed by atoms with E-state index in [9.17, 15) is 14.3 Å². The zero-order valence-corrected chi connectivity index (χ0v) is 13.7. The van der Waals surface area contributed by atoms with E-state index in [1.165, 1.54) is 24.4 Å². The van der Waals surface area contributed by atoms with Gasteiger partial charge in [-0.05, 0) is 37.5 Å². The Kier molecular flexibility index (Phi) is 5.74. The minimum Gasteiger partial charge on any atom is -0.393 e. The van der Waals surface area contributed by atoms with Gasteiger partial charge >= 0.3 is 0 Å². The molecule has 0 radical (unpaired) electrons. The number of benzene rings is 1. The highest BCUT2D eigenvalue weighted by Crippen LogP contribution is 2.25. The molecule has 0 spiro atoms. The molecule has 2 unspecified atom stereocenters. The van der Waals surface area contributed by atoms with Gasteiger partial charge in [0, 0.05) is 12.1 Å². The second kappa shape index (κ2) is 7.57. The summed E-state index contributed by atoms with van der Waals surface area (Å²) in [7, 11) is 0. The Labute approximate surface area is 138 Å². The average Bonchev–Trinajstić information content (AvgIpc) is 2.96. The van der Waals surface area contributed by atoms with E-state index in [2.05, 4.69) is 15.5 Å². The molecule has 1 heterocycles. The second-order valence-corrected chi connectivity index (χ2v) is 6.09. The number of aromatic nitrogens is 2. The average molecular weight is 340 g/mol. The van der Waals surface area contributed by atoms with E-state index in [1.807, 2.05) is 6.92 Å². The highest BCUT2D eigenvalue weighted by Gasteiger charge is 2.17. The van der Waals surface area contributed by atoms with Gasteiger partial charge in [0.15, 0.2) is 0 Å². The molecule has 0 fully saturated rings. The van der Waals surface area contributed by atoms with Gasteiger partial charge in [-0.15, -0.1) is 0 Å². The fourth-order valence-corrected chi connectivity index (χ4v) is 2.54. The zero-order chi connectivity index (χ0) is 17.0. The highest BCUT2D eigenvalue weighted by molar-refractivity contribution is 6.31. The molecule has 3 N–H and O–H groups in total. The van der Waals surface area contributed by atoms with Crippen LogP contribution < -0.4 is 5.32 Å². The normalized spacial score (nSPS) is 13.6.